The minimum Gasteiger partial charge on any atom is -0.381 e. The van der Waals surface area contributed by atoms with Crippen LogP contribution in [0.15, 0.2) is 24.3 Å². The molecule has 2 saturated heterocycles. The number of likely N-dealkylation sites (tertiary alicyclic amines) is 1. The molecule has 2 aliphatic rings. The van der Waals surface area contributed by atoms with Crippen LogP contribution in [-0.2, 0) is 22.3 Å². The van der Waals surface area contributed by atoms with Gasteiger partial charge < -0.3 is 15.8 Å². The average Bonchev–Trinajstić information content (AvgIpc) is 2.69. The van der Waals surface area contributed by atoms with Crippen LogP contribution in [0, 0.1) is 5.92 Å². The van der Waals surface area contributed by atoms with Gasteiger partial charge >= 0.3 is 6.18 Å². The number of nitrogens with one attached hydrogen (secondary N) is 1. The first-order valence-corrected chi connectivity index (χ1v) is 9.85. The molecule has 0 bridgehead atoms. The predicted octanol–water partition coefficient (Wildman–Crippen LogP) is 3.38. The molecule has 1 atom stereocenters. The van der Waals surface area contributed by atoms with E-state index in [4.69, 9.17) is 10.5 Å². The molecule has 0 radical (unpaired) electrons. The summed E-state index contributed by atoms with van der Waals surface area (Å²) in [4.78, 5) is 14.5. The lowest BCUT2D eigenvalue weighted by atomic mass is 9.91. The van der Waals surface area contributed by atoms with Crippen LogP contribution in [-0.4, -0.2) is 49.2 Å². The Labute approximate surface area is 187 Å². The molecule has 3 N–H and O–H groups in total. The highest BCUT2D eigenvalue weighted by molar-refractivity contribution is 5.85. The number of nitrogens with two attached hydrogens (primary N) is 1. The van der Waals surface area contributed by atoms with E-state index in [0.717, 1.165) is 44.8 Å². The van der Waals surface area contributed by atoms with Gasteiger partial charge in [0.1, 0.15) is 0 Å². The van der Waals surface area contributed by atoms with Crippen molar-refractivity contribution in [2.24, 2.45) is 11.7 Å². The van der Waals surface area contributed by atoms with Gasteiger partial charge in [-0.2, -0.15) is 13.2 Å². The number of ether oxygens (including phenoxy) is 1. The molecule has 0 aliphatic carbocycles. The third-order valence-corrected chi connectivity index (χ3v) is 5.67. The van der Waals surface area contributed by atoms with Crippen LogP contribution >= 0.6 is 24.8 Å². The van der Waals surface area contributed by atoms with Crippen molar-refractivity contribution in [2.75, 3.05) is 26.3 Å². The van der Waals surface area contributed by atoms with Crippen LogP contribution in [0.4, 0.5) is 13.2 Å². The summed E-state index contributed by atoms with van der Waals surface area (Å²) >= 11 is 0. The number of amides is 1. The van der Waals surface area contributed by atoms with Gasteiger partial charge in [-0.1, -0.05) is 18.2 Å². The summed E-state index contributed by atoms with van der Waals surface area (Å²) in [6, 6.07) is 5.02. The number of piperidine rings is 1. The zero-order valence-electron chi connectivity index (χ0n) is 16.7. The van der Waals surface area contributed by atoms with E-state index in [1.54, 1.807) is 6.07 Å². The number of rotatable bonds is 5. The second-order valence-electron chi connectivity index (χ2n) is 7.73. The van der Waals surface area contributed by atoms with Crippen molar-refractivity contribution in [1.29, 1.82) is 0 Å². The predicted molar refractivity (Wildman–Crippen MR) is 114 cm³/mol. The maximum atomic E-state index is 12.8. The smallest absolute Gasteiger partial charge is 0.381 e. The van der Waals surface area contributed by atoms with Gasteiger partial charge in [0.2, 0.25) is 5.91 Å². The van der Waals surface area contributed by atoms with E-state index in [1.165, 1.54) is 12.1 Å². The van der Waals surface area contributed by atoms with E-state index in [0.29, 0.717) is 25.3 Å². The SMILES string of the molecule is Cl.Cl.NC(C(=O)NC1CCN(Cc2cccc(C(F)(F)F)c2)CC1)C1CCOCC1. The Morgan fingerprint density at radius 2 is 1.80 bits per heavy atom. The number of carbonyl (C=O) groups is 1. The quantitative estimate of drug-likeness (QED) is 0.690. The summed E-state index contributed by atoms with van der Waals surface area (Å²) in [6.07, 6.45) is -1.17. The third kappa shape index (κ3) is 7.57. The molecule has 5 nitrogen and oxygen atoms in total. The summed E-state index contributed by atoms with van der Waals surface area (Å²) in [5.74, 6) is 0.0537. The monoisotopic (exact) mass is 471 g/mol. The molecule has 1 aromatic rings. The number of hydrogen-bond acceptors (Lipinski definition) is 4. The number of benzene rings is 1. The second kappa shape index (κ2) is 12.1. The number of carbonyl (C=O) groups excluding carboxylic acids is 1. The van der Waals surface area contributed by atoms with Gasteiger partial charge in [0.25, 0.3) is 0 Å². The molecule has 172 valence electrons. The molecule has 0 spiro atoms. The van der Waals surface area contributed by atoms with E-state index in [-0.39, 0.29) is 42.7 Å². The molecule has 2 heterocycles. The van der Waals surface area contributed by atoms with Crippen molar-refractivity contribution in [3.8, 4) is 0 Å². The van der Waals surface area contributed by atoms with Crippen LogP contribution in [0.25, 0.3) is 0 Å². The fraction of sp³-hybridized carbons (Fsp3) is 0.650. The molecule has 3 rings (SSSR count). The Hall–Kier alpha value is -1.06. The maximum Gasteiger partial charge on any atom is 0.416 e. The van der Waals surface area contributed by atoms with Crippen molar-refractivity contribution in [2.45, 2.75) is 50.5 Å². The highest BCUT2D eigenvalue weighted by atomic mass is 35.5. The molecular weight excluding hydrogens is 442 g/mol. The fourth-order valence-corrected chi connectivity index (χ4v) is 3.93. The molecule has 2 aliphatic heterocycles. The van der Waals surface area contributed by atoms with Gasteiger partial charge in [0.05, 0.1) is 11.6 Å². The van der Waals surface area contributed by atoms with Crippen molar-refractivity contribution >= 4 is 30.7 Å². The first kappa shape index (κ1) is 27.0. The highest BCUT2D eigenvalue weighted by Crippen LogP contribution is 2.30. The Morgan fingerprint density at radius 1 is 1.17 bits per heavy atom. The van der Waals surface area contributed by atoms with Crippen LogP contribution in [0.5, 0.6) is 0 Å². The van der Waals surface area contributed by atoms with Gasteiger partial charge in [-0.05, 0) is 43.2 Å². The lowest BCUT2D eigenvalue weighted by molar-refractivity contribution is -0.137. The molecule has 30 heavy (non-hydrogen) atoms. The first-order valence-electron chi connectivity index (χ1n) is 9.85. The van der Waals surface area contributed by atoms with Crippen molar-refractivity contribution in [3.63, 3.8) is 0 Å². The number of halogens is 5. The Kier molecular flexibility index (Phi) is 10.9. The molecule has 1 unspecified atom stereocenters. The van der Waals surface area contributed by atoms with Crippen LogP contribution in [0.3, 0.4) is 0 Å². The Morgan fingerprint density at radius 3 is 2.40 bits per heavy atom. The number of hydrogen-bond donors (Lipinski definition) is 2. The largest absolute Gasteiger partial charge is 0.416 e. The van der Waals surface area contributed by atoms with Crippen LogP contribution in [0.1, 0.15) is 36.8 Å². The minimum atomic E-state index is -4.32. The summed E-state index contributed by atoms with van der Waals surface area (Å²) in [5.41, 5.74) is 6.15. The zero-order chi connectivity index (χ0) is 20.1. The van der Waals surface area contributed by atoms with Gasteiger partial charge in [0.15, 0.2) is 0 Å². The van der Waals surface area contributed by atoms with Crippen LogP contribution in [0.2, 0.25) is 0 Å². The lowest BCUT2D eigenvalue weighted by Gasteiger charge is -2.34. The summed E-state index contributed by atoms with van der Waals surface area (Å²) < 4.78 is 43.9. The third-order valence-electron chi connectivity index (χ3n) is 5.67. The Balaban J connectivity index is 0.00000225. The standard InChI is InChI=1S/C20H28F3N3O2.2ClH/c21-20(22,23)16-3-1-2-14(12-16)13-26-8-4-17(5-9-26)25-19(27)18(24)15-6-10-28-11-7-15;;/h1-3,12,15,17-18H,4-11,13,24H2,(H,25,27);2*1H. The van der Waals surface area contributed by atoms with E-state index in [2.05, 4.69) is 10.2 Å². The summed E-state index contributed by atoms with van der Waals surface area (Å²) in [7, 11) is 0. The topological polar surface area (TPSA) is 67.6 Å². The summed E-state index contributed by atoms with van der Waals surface area (Å²) in [6.45, 7) is 3.24. The summed E-state index contributed by atoms with van der Waals surface area (Å²) in [5, 5.41) is 3.05. The second-order valence-corrected chi connectivity index (χ2v) is 7.73. The average molecular weight is 472 g/mol. The minimum absolute atomic E-state index is 0. The molecule has 10 heteroatoms. The van der Waals surface area contributed by atoms with E-state index < -0.39 is 17.8 Å². The van der Waals surface area contributed by atoms with Gasteiger partial charge in [-0.3, -0.25) is 9.69 Å². The molecule has 0 aromatic heterocycles. The molecule has 0 saturated carbocycles. The maximum absolute atomic E-state index is 12.8. The molecular formula is C20H30Cl2F3N3O2. The first-order chi connectivity index (χ1) is 13.3. The Bertz CT molecular complexity index is 665. The van der Waals surface area contributed by atoms with Crippen LogP contribution < -0.4 is 11.1 Å². The van der Waals surface area contributed by atoms with E-state index in [1.807, 2.05) is 0 Å². The van der Waals surface area contributed by atoms with Gasteiger partial charge in [0, 0.05) is 38.9 Å². The van der Waals surface area contributed by atoms with Gasteiger partial charge in [-0.15, -0.1) is 24.8 Å². The highest BCUT2D eigenvalue weighted by Gasteiger charge is 2.31. The molecule has 1 amide bonds. The molecule has 2 fully saturated rings. The number of alkyl halides is 3. The fourth-order valence-electron chi connectivity index (χ4n) is 3.93. The molecule has 1 aromatic carbocycles. The van der Waals surface area contributed by atoms with Crippen molar-refractivity contribution in [1.82, 2.24) is 10.2 Å². The number of nitrogens with zero attached hydrogens (tertiary/aromatic N) is 1. The van der Waals surface area contributed by atoms with E-state index >= 15 is 0 Å². The van der Waals surface area contributed by atoms with Crippen molar-refractivity contribution in [3.05, 3.63) is 35.4 Å². The normalized spacial score (nSPS) is 20.0. The lowest BCUT2D eigenvalue weighted by Crippen LogP contribution is -2.52. The van der Waals surface area contributed by atoms with Gasteiger partial charge in [-0.25, -0.2) is 0 Å². The van der Waals surface area contributed by atoms with Crippen molar-refractivity contribution < 1.29 is 22.7 Å². The van der Waals surface area contributed by atoms with E-state index in [9.17, 15) is 18.0 Å². The zero-order valence-corrected chi connectivity index (χ0v) is 18.3.